The van der Waals surface area contributed by atoms with Gasteiger partial charge in [0, 0.05) is 36.4 Å². The number of fused-ring (bicyclic) bond motifs is 1. The van der Waals surface area contributed by atoms with Crippen molar-refractivity contribution in [1.29, 1.82) is 0 Å². The Morgan fingerprint density at radius 2 is 1.75 bits per heavy atom. The Hall–Kier alpha value is -2.70. The van der Waals surface area contributed by atoms with Gasteiger partial charge in [0.1, 0.15) is 5.82 Å². The first-order valence-electron chi connectivity index (χ1n) is 11.7. The number of rotatable bonds is 8. The zero-order valence-corrected chi connectivity index (χ0v) is 19.6. The first-order valence-corrected chi connectivity index (χ1v) is 11.7. The zero-order chi connectivity index (χ0) is 22.6. The molecule has 0 saturated heterocycles. The van der Waals surface area contributed by atoms with Gasteiger partial charge >= 0.3 is 0 Å². The summed E-state index contributed by atoms with van der Waals surface area (Å²) in [6, 6.07) is 14.7. The SMILES string of the molecule is CN(C)CCCN(C)c1ccc(-c2cc3ncccc3c(NC3(N)CCCCC3)n2)cc1. The van der Waals surface area contributed by atoms with E-state index in [1.165, 1.54) is 12.1 Å². The van der Waals surface area contributed by atoms with E-state index in [9.17, 15) is 0 Å². The summed E-state index contributed by atoms with van der Waals surface area (Å²) in [5, 5.41) is 4.60. The van der Waals surface area contributed by atoms with Gasteiger partial charge in [0.15, 0.2) is 0 Å². The molecule has 2 heterocycles. The largest absolute Gasteiger partial charge is 0.375 e. The van der Waals surface area contributed by atoms with Gasteiger partial charge in [-0.1, -0.05) is 18.6 Å². The predicted molar refractivity (Wildman–Crippen MR) is 135 cm³/mol. The smallest absolute Gasteiger partial charge is 0.137 e. The molecule has 1 saturated carbocycles. The van der Waals surface area contributed by atoms with Crippen LogP contribution < -0.4 is 16.0 Å². The third kappa shape index (κ3) is 5.37. The minimum absolute atomic E-state index is 0.397. The molecule has 3 aromatic rings. The van der Waals surface area contributed by atoms with Crippen LogP contribution in [-0.4, -0.2) is 54.8 Å². The minimum Gasteiger partial charge on any atom is -0.375 e. The third-order valence-corrected chi connectivity index (χ3v) is 6.42. The van der Waals surface area contributed by atoms with Crippen molar-refractivity contribution in [2.75, 3.05) is 44.4 Å². The maximum atomic E-state index is 6.70. The molecule has 1 aromatic carbocycles. The normalized spacial score (nSPS) is 15.8. The van der Waals surface area contributed by atoms with Crippen LogP contribution in [0.5, 0.6) is 0 Å². The highest BCUT2D eigenvalue weighted by atomic mass is 15.2. The van der Waals surface area contributed by atoms with Gasteiger partial charge in [-0.2, -0.15) is 0 Å². The van der Waals surface area contributed by atoms with Gasteiger partial charge in [-0.05, 0) is 83.1 Å². The molecule has 2 aromatic heterocycles. The number of anilines is 2. The Balaban J connectivity index is 1.59. The molecule has 6 nitrogen and oxygen atoms in total. The van der Waals surface area contributed by atoms with Crippen LogP contribution in [0, 0.1) is 0 Å². The van der Waals surface area contributed by atoms with E-state index < -0.39 is 5.66 Å². The molecule has 170 valence electrons. The topological polar surface area (TPSA) is 70.3 Å². The molecule has 1 aliphatic rings. The molecule has 0 atom stereocenters. The monoisotopic (exact) mass is 432 g/mol. The molecule has 0 amide bonds. The molecular formula is C26H36N6. The van der Waals surface area contributed by atoms with Crippen LogP contribution in [0.25, 0.3) is 22.2 Å². The molecule has 6 heteroatoms. The van der Waals surface area contributed by atoms with Gasteiger partial charge in [-0.3, -0.25) is 4.98 Å². The third-order valence-electron chi connectivity index (χ3n) is 6.42. The van der Waals surface area contributed by atoms with Crippen molar-refractivity contribution in [2.24, 2.45) is 5.73 Å². The van der Waals surface area contributed by atoms with E-state index in [0.717, 1.165) is 73.2 Å². The van der Waals surface area contributed by atoms with Crippen molar-refractivity contribution >= 4 is 22.4 Å². The number of nitrogens with two attached hydrogens (primary N) is 1. The molecule has 4 rings (SSSR count). The number of pyridine rings is 2. The highest BCUT2D eigenvalue weighted by Crippen LogP contribution is 2.32. The number of nitrogens with zero attached hydrogens (tertiary/aromatic N) is 4. The van der Waals surface area contributed by atoms with Crippen LogP contribution in [0.4, 0.5) is 11.5 Å². The van der Waals surface area contributed by atoms with Crippen LogP contribution in [0.3, 0.4) is 0 Å². The lowest BCUT2D eigenvalue weighted by atomic mass is 9.89. The quantitative estimate of drug-likeness (QED) is 0.502. The fraction of sp³-hybridized carbons (Fsp3) is 0.462. The average Bonchev–Trinajstić information content (AvgIpc) is 2.79. The number of hydrogen-bond acceptors (Lipinski definition) is 6. The van der Waals surface area contributed by atoms with E-state index in [0.29, 0.717) is 0 Å². The van der Waals surface area contributed by atoms with Crippen molar-refractivity contribution < 1.29 is 0 Å². The molecule has 1 fully saturated rings. The summed E-state index contributed by atoms with van der Waals surface area (Å²) in [7, 11) is 6.38. The second kappa shape index (κ2) is 9.84. The van der Waals surface area contributed by atoms with Gasteiger partial charge in [-0.15, -0.1) is 0 Å². The zero-order valence-electron chi connectivity index (χ0n) is 19.6. The Kier molecular flexibility index (Phi) is 6.92. The van der Waals surface area contributed by atoms with Crippen molar-refractivity contribution in [2.45, 2.75) is 44.2 Å². The molecule has 0 aliphatic heterocycles. The van der Waals surface area contributed by atoms with Crippen molar-refractivity contribution in [1.82, 2.24) is 14.9 Å². The number of benzene rings is 1. The van der Waals surface area contributed by atoms with E-state index in [1.807, 2.05) is 12.3 Å². The second-order valence-corrected chi connectivity index (χ2v) is 9.39. The molecule has 1 aliphatic carbocycles. The summed E-state index contributed by atoms with van der Waals surface area (Å²) in [5.41, 5.74) is 10.5. The fourth-order valence-corrected chi connectivity index (χ4v) is 4.50. The summed E-state index contributed by atoms with van der Waals surface area (Å²) in [5.74, 6) is 0.833. The van der Waals surface area contributed by atoms with E-state index in [-0.39, 0.29) is 0 Å². The highest BCUT2D eigenvalue weighted by Gasteiger charge is 2.28. The Bertz CT molecular complexity index is 1020. The molecule has 0 unspecified atom stereocenters. The molecule has 0 bridgehead atoms. The van der Waals surface area contributed by atoms with Gasteiger partial charge in [0.25, 0.3) is 0 Å². The van der Waals surface area contributed by atoms with E-state index >= 15 is 0 Å². The van der Waals surface area contributed by atoms with Crippen LogP contribution in [0.15, 0.2) is 48.7 Å². The second-order valence-electron chi connectivity index (χ2n) is 9.39. The Morgan fingerprint density at radius 3 is 2.47 bits per heavy atom. The van der Waals surface area contributed by atoms with Crippen LogP contribution in [-0.2, 0) is 0 Å². The van der Waals surface area contributed by atoms with Gasteiger partial charge < -0.3 is 20.9 Å². The van der Waals surface area contributed by atoms with Crippen molar-refractivity contribution in [3.63, 3.8) is 0 Å². The number of aromatic nitrogens is 2. The molecule has 0 radical (unpaired) electrons. The van der Waals surface area contributed by atoms with Crippen LogP contribution >= 0.6 is 0 Å². The Morgan fingerprint density at radius 1 is 1.00 bits per heavy atom. The Labute approximate surface area is 191 Å². The minimum atomic E-state index is -0.397. The van der Waals surface area contributed by atoms with E-state index in [4.69, 9.17) is 10.7 Å². The van der Waals surface area contributed by atoms with E-state index in [2.05, 4.69) is 77.6 Å². The maximum absolute atomic E-state index is 6.70. The summed E-state index contributed by atoms with van der Waals surface area (Å²) in [6.45, 7) is 2.12. The lowest BCUT2D eigenvalue weighted by Crippen LogP contribution is -2.49. The first kappa shape index (κ1) is 22.5. The van der Waals surface area contributed by atoms with Crippen molar-refractivity contribution in [3.05, 3.63) is 48.7 Å². The van der Waals surface area contributed by atoms with Gasteiger partial charge in [-0.25, -0.2) is 4.98 Å². The average molecular weight is 433 g/mol. The number of nitrogens with one attached hydrogen (secondary N) is 1. The predicted octanol–water partition coefficient (Wildman–Crippen LogP) is 4.72. The van der Waals surface area contributed by atoms with E-state index in [1.54, 1.807) is 0 Å². The summed E-state index contributed by atoms with van der Waals surface area (Å²) >= 11 is 0. The van der Waals surface area contributed by atoms with Crippen LogP contribution in [0.2, 0.25) is 0 Å². The summed E-state index contributed by atoms with van der Waals surface area (Å²) in [6.07, 6.45) is 8.47. The standard InChI is InChI=1S/C26H36N6/c1-31(2)17-8-18-32(3)21-12-10-20(11-13-21)23-19-24-22(9-7-16-28-24)25(29-23)30-26(27)14-5-4-6-15-26/h7,9-13,16,19H,4-6,8,14-15,17-18,27H2,1-3H3,(H,29,30). The highest BCUT2D eigenvalue weighted by molar-refractivity contribution is 5.92. The number of hydrogen-bond donors (Lipinski definition) is 2. The van der Waals surface area contributed by atoms with Gasteiger partial charge in [0.05, 0.1) is 16.9 Å². The van der Waals surface area contributed by atoms with Crippen molar-refractivity contribution in [3.8, 4) is 11.3 Å². The fourth-order valence-electron chi connectivity index (χ4n) is 4.50. The first-order chi connectivity index (χ1) is 15.4. The lowest BCUT2D eigenvalue weighted by Gasteiger charge is -2.35. The summed E-state index contributed by atoms with van der Waals surface area (Å²) < 4.78 is 0. The molecular weight excluding hydrogens is 396 g/mol. The van der Waals surface area contributed by atoms with Gasteiger partial charge in [0.2, 0.25) is 0 Å². The lowest BCUT2D eigenvalue weighted by molar-refractivity contribution is 0.332. The molecule has 3 N–H and O–H groups in total. The molecule has 0 spiro atoms. The van der Waals surface area contributed by atoms with Crippen LogP contribution in [0.1, 0.15) is 38.5 Å². The summed E-state index contributed by atoms with van der Waals surface area (Å²) in [4.78, 5) is 14.1. The maximum Gasteiger partial charge on any atom is 0.137 e. The molecule has 32 heavy (non-hydrogen) atoms.